The largest absolute Gasteiger partial charge is 0.298 e. The summed E-state index contributed by atoms with van der Waals surface area (Å²) < 4.78 is 12.2. The summed E-state index contributed by atoms with van der Waals surface area (Å²) in [4.78, 5) is 12.8. The van der Waals surface area contributed by atoms with Crippen molar-refractivity contribution in [3.8, 4) is 0 Å². The van der Waals surface area contributed by atoms with Crippen LogP contribution in [0.25, 0.3) is 0 Å². The van der Waals surface area contributed by atoms with Crippen LogP contribution in [-0.4, -0.2) is 15.2 Å². The Morgan fingerprint density at radius 3 is 2.06 bits per heavy atom. The Hall–Kier alpha value is -0.960. The van der Waals surface area contributed by atoms with Gasteiger partial charge in [0.15, 0.2) is 5.78 Å². The van der Waals surface area contributed by atoms with E-state index in [0.717, 1.165) is 10.5 Å². The molecule has 0 fully saturated rings. The Balaban J connectivity index is 2.91. The third-order valence-corrected chi connectivity index (χ3v) is 4.28. The standard InChI is InChI=1S/C14H20O2S/c1-10-6-8-12(9-7-10)17(16)11(2)13(15)14(3,4)5/h6-9,11H,1-5H3. The van der Waals surface area contributed by atoms with Crippen LogP contribution in [0.4, 0.5) is 0 Å². The highest BCUT2D eigenvalue weighted by atomic mass is 32.2. The summed E-state index contributed by atoms with van der Waals surface area (Å²) in [6, 6.07) is 7.50. The molecule has 0 aliphatic carbocycles. The van der Waals surface area contributed by atoms with Gasteiger partial charge in [-0.15, -0.1) is 0 Å². The molecule has 94 valence electrons. The van der Waals surface area contributed by atoms with Crippen molar-refractivity contribution in [1.29, 1.82) is 0 Å². The first-order valence-electron chi connectivity index (χ1n) is 5.75. The Bertz CT molecular complexity index is 427. The van der Waals surface area contributed by atoms with Crippen LogP contribution in [0.15, 0.2) is 29.2 Å². The number of hydrogen-bond donors (Lipinski definition) is 0. The van der Waals surface area contributed by atoms with Gasteiger partial charge in [0.05, 0.1) is 16.0 Å². The fraction of sp³-hybridized carbons (Fsp3) is 0.500. The summed E-state index contributed by atoms with van der Waals surface area (Å²) in [6.45, 7) is 9.30. The summed E-state index contributed by atoms with van der Waals surface area (Å²) in [7, 11) is -1.26. The zero-order chi connectivity index (χ0) is 13.2. The quantitative estimate of drug-likeness (QED) is 0.828. The van der Waals surface area contributed by atoms with Crippen LogP contribution in [0.3, 0.4) is 0 Å². The van der Waals surface area contributed by atoms with Crippen molar-refractivity contribution >= 4 is 16.6 Å². The zero-order valence-electron chi connectivity index (χ0n) is 11.1. The highest BCUT2D eigenvalue weighted by molar-refractivity contribution is 7.86. The predicted octanol–water partition coefficient (Wildman–Crippen LogP) is 3.11. The Morgan fingerprint density at radius 2 is 1.65 bits per heavy atom. The topological polar surface area (TPSA) is 34.1 Å². The average molecular weight is 252 g/mol. The van der Waals surface area contributed by atoms with Crippen LogP contribution >= 0.6 is 0 Å². The third kappa shape index (κ3) is 3.50. The van der Waals surface area contributed by atoms with Crippen molar-refractivity contribution in [2.45, 2.75) is 44.8 Å². The van der Waals surface area contributed by atoms with Crippen LogP contribution in [0.1, 0.15) is 33.3 Å². The van der Waals surface area contributed by atoms with Gasteiger partial charge in [-0.05, 0) is 26.0 Å². The lowest BCUT2D eigenvalue weighted by Crippen LogP contribution is -2.33. The molecule has 0 saturated carbocycles. The predicted molar refractivity (Wildman–Crippen MR) is 71.5 cm³/mol. The maximum absolute atomic E-state index is 12.2. The number of rotatable bonds is 3. The molecule has 2 atom stereocenters. The van der Waals surface area contributed by atoms with E-state index in [0.29, 0.717) is 0 Å². The normalized spacial score (nSPS) is 15.4. The number of carbonyl (C=O) groups excluding carboxylic acids is 1. The number of Topliss-reactive ketones (excluding diaryl/α,β-unsaturated/α-hetero) is 1. The molecule has 0 amide bonds. The molecule has 0 aliphatic rings. The zero-order valence-corrected chi connectivity index (χ0v) is 11.9. The molecular formula is C14H20O2S. The molecule has 0 aliphatic heterocycles. The van der Waals surface area contributed by atoms with Crippen LogP contribution in [0, 0.1) is 12.3 Å². The molecule has 0 spiro atoms. The van der Waals surface area contributed by atoms with E-state index in [-0.39, 0.29) is 5.78 Å². The molecule has 0 aromatic heterocycles. The molecule has 2 nitrogen and oxygen atoms in total. The lowest BCUT2D eigenvalue weighted by Gasteiger charge is -2.21. The van der Waals surface area contributed by atoms with Gasteiger partial charge in [0.25, 0.3) is 0 Å². The third-order valence-electron chi connectivity index (χ3n) is 2.68. The Kier molecular flexibility index (Phi) is 4.26. The summed E-state index contributed by atoms with van der Waals surface area (Å²) >= 11 is 0. The molecule has 17 heavy (non-hydrogen) atoms. The first-order chi connectivity index (χ1) is 7.73. The number of ketones is 1. The van der Waals surface area contributed by atoms with Gasteiger partial charge < -0.3 is 0 Å². The van der Waals surface area contributed by atoms with Gasteiger partial charge in [0.1, 0.15) is 0 Å². The SMILES string of the molecule is Cc1ccc(S(=O)C(C)C(=O)C(C)(C)C)cc1. The molecule has 0 radical (unpaired) electrons. The minimum atomic E-state index is -1.26. The van der Waals surface area contributed by atoms with Crippen molar-refractivity contribution < 1.29 is 9.00 Å². The highest BCUT2D eigenvalue weighted by Gasteiger charge is 2.30. The van der Waals surface area contributed by atoms with Crippen LogP contribution < -0.4 is 0 Å². The van der Waals surface area contributed by atoms with Crippen LogP contribution in [0.2, 0.25) is 0 Å². The van der Waals surface area contributed by atoms with Crippen molar-refractivity contribution in [3.05, 3.63) is 29.8 Å². The molecule has 1 rings (SSSR count). The van der Waals surface area contributed by atoms with E-state index in [1.807, 2.05) is 52.0 Å². The Labute approximate surface area is 106 Å². The monoisotopic (exact) mass is 252 g/mol. The lowest BCUT2D eigenvalue weighted by molar-refractivity contribution is -0.125. The van der Waals surface area contributed by atoms with Gasteiger partial charge in [0.2, 0.25) is 0 Å². The van der Waals surface area contributed by atoms with Crippen LogP contribution in [0.5, 0.6) is 0 Å². The summed E-state index contributed by atoms with van der Waals surface area (Å²) in [5, 5.41) is -0.460. The minimum Gasteiger partial charge on any atom is -0.298 e. The molecule has 2 unspecified atom stereocenters. The van der Waals surface area contributed by atoms with Gasteiger partial charge in [-0.1, -0.05) is 38.5 Å². The van der Waals surface area contributed by atoms with Gasteiger partial charge in [-0.2, -0.15) is 0 Å². The van der Waals surface area contributed by atoms with E-state index in [4.69, 9.17) is 0 Å². The van der Waals surface area contributed by atoms with Crippen molar-refractivity contribution in [3.63, 3.8) is 0 Å². The number of carbonyl (C=O) groups is 1. The maximum Gasteiger partial charge on any atom is 0.153 e. The fourth-order valence-corrected chi connectivity index (χ4v) is 2.94. The van der Waals surface area contributed by atoms with E-state index in [9.17, 15) is 9.00 Å². The summed E-state index contributed by atoms with van der Waals surface area (Å²) in [6.07, 6.45) is 0. The number of aryl methyl sites for hydroxylation is 1. The van der Waals surface area contributed by atoms with E-state index in [1.165, 1.54) is 0 Å². The van der Waals surface area contributed by atoms with Crippen molar-refractivity contribution in [2.24, 2.45) is 5.41 Å². The summed E-state index contributed by atoms with van der Waals surface area (Å²) in [5.74, 6) is 0.0383. The first kappa shape index (κ1) is 14.1. The molecule has 1 aromatic rings. The van der Waals surface area contributed by atoms with Crippen LogP contribution in [-0.2, 0) is 15.6 Å². The fourth-order valence-electron chi connectivity index (χ4n) is 1.58. The average Bonchev–Trinajstić information content (AvgIpc) is 2.26. The van der Waals surface area contributed by atoms with Crippen molar-refractivity contribution in [2.75, 3.05) is 0 Å². The number of hydrogen-bond acceptors (Lipinski definition) is 2. The van der Waals surface area contributed by atoms with Gasteiger partial charge in [0, 0.05) is 10.3 Å². The molecule has 0 heterocycles. The van der Waals surface area contributed by atoms with E-state index < -0.39 is 21.5 Å². The highest BCUT2D eigenvalue weighted by Crippen LogP contribution is 2.22. The molecular weight excluding hydrogens is 232 g/mol. The van der Waals surface area contributed by atoms with Gasteiger partial charge in [-0.25, -0.2) is 0 Å². The summed E-state index contributed by atoms with van der Waals surface area (Å²) in [5.41, 5.74) is 0.681. The molecule has 1 aromatic carbocycles. The van der Waals surface area contributed by atoms with Crippen molar-refractivity contribution in [1.82, 2.24) is 0 Å². The molecule has 0 bridgehead atoms. The Morgan fingerprint density at radius 1 is 1.18 bits per heavy atom. The second kappa shape index (κ2) is 5.13. The smallest absolute Gasteiger partial charge is 0.153 e. The lowest BCUT2D eigenvalue weighted by atomic mass is 9.89. The van der Waals surface area contributed by atoms with E-state index >= 15 is 0 Å². The molecule has 0 saturated heterocycles. The first-order valence-corrected chi connectivity index (χ1v) is 6.96. The van der Waals surface area contributed by atoms with E-state index in [1.54, 1.807) is 6.92 Å². The van der Waals surface area contributed by atoms with E-state index in [2.05, 4.69) is 0 Å². The van der Waals surface area contributed by atoms with Gasteiger partial charge >= 0.3 is 0 Å². The van der Waals surface area contributed by atoms with Gasteiger partial charge in [-0.3, -0.25) is 9.00 Å². The molecule has 3 heteroatoms. The second-order valence-corrected chi connectivity index (χ2v) is 7.14. The second-order valence-electron chi connectivity index (χ2n) is 5.37. The molecule has 0 N–H and O–H groups in total. The minimum absolute atomic E-state index is 0.0383. The maximum atomic E-state index is 12.2. The number of benzene rings is 1.